The number of hydrogen-bond donors (Lipinski definition) is 1. The topological polar surface area (TPSA) is 38.5 Å². The van der Waals surface area contributed by atoms with Gasteiger partial charge in [0.1, 0.15) is 5.75 Å². The highest BCUT2D eigenvalue weighted by Crippen LogP contribution is 2.28. The minimum atomic E-state index is 0.0708. The lowest BCUT2D eigenvalue weighted by Crippen LogP contribution is -2.59. The first-order valence-corrected chi connectivity index (χ1v) is 6.67. The van der Waals surface area contributed by atoms with Crippen LogP contribution in [0.15, 0.2) is 24.3 Å². The summed E-state index contributed by atoms with van der Waals surface area (Å²) in [5, 5.41) is 0. The Balaban J connectivity index is 2.12. The molecule has 3 heteroatoms. The van der Waals surface area contributed by atoms with Crippen LogP contribution in [0.4, 0.5) is 0 Å². The normalized spacial score (nSPS) is 23.9. The molecule has 1 heterocycles. The number of methoxy groups -OCH3 is 1. The molecule has 1 unspecified atom stereocenters. The van der Waals surface area contributed by atoms with Gasteiger partial charge in [-0.2, -0.15) is 0 Å². The molecule has 1 saturated heterocycles. The van der Waals surface area contributed by atoms with Crippen molar-refractivity contribution >= 4 is 0 Å². The third-order valence-corrected chi connectivity index (χ3v) is 4.17. The van der Waals surface area contributed by atoms with Crippen molar-refractivity contribution in [3.63, 3.8) is 0 Å². The zero-order chi connectivity index (χ0) is 13.2. The molecule has 18 heavy (non-hydrogen) atoms. The van der Waals surface area contributed by atoms with Crippen molar-refractivity contribution in [3.05, 3.63) is 29.8 Å². The highest BCUT2D eigenvalue weighted by molar-refractivity contribution is 5.28. The molecule has 100 valence electrons. The number of hydrogen-bond acceptors (Lipinski definition) is 3. The number of benzene rings is 1. The van der Waals surface area contributed by atoms with Crippen LogP contribution in [0.1, 0.15) is 32.3 Å². The fourth-order valence-electron chi connectivity index (χ4n) is 2.65. The molecule has 0 saturated carbocycles. The predicted molar refractivity (Wildman–Crippen MR) is 74.7 cm³/mol. The highest BCUT2D eigenvalue weighted by Gasteiger charge is 2.35. The zero-order valence-electron chi connectivity index (χ0n) is 11.6. The first-order chi connectivity index (χ1) is 8.54. The molecule has 0 amide bonds. The Morgan fingerprint density at radius 3 is 2.94 bits per heavy atom. The average molecular weight is 248 g/mol. The molecule has 0 aromatic heterocycles. The van der Waals surface area contributed by atoms with E-state index in [0.29, 0.717) is 0 Å². The molecular formula is C15H24N2O. The number of likely N-dealkylation sites (tertiary alicyclic amines) is 1. The van der Waals surface area contributed by atoms with Crippen molar-refractivity contribution in [1.29, 1.82) is 0 Å². The van der Waals surface area contributed by atoms with Gasteiger partial charge in [0.15, 0.2) is 0 Å². The van der Waals surface area contributed by atoms with Gasteiger partial charge in [-0.3, -0.25) is 4.90 Å². The maximum absolute atomic E-state index is 6.25. The highest BCUT2D eigenvalue weighted by atomic mass is 16.5. The molecule has 1 fully saturated rings. The molecule has 1 aromatic rings. The molecule has 1 aliphatic heterocycles. The monoisotopic (exact) mass is 248 g/mol. The molecule has 0 bridgehead atoms. The molecule has 3 nitrogen and oxygen atoms in total. The fourth-order valence-corrected chi connectivity index (χ4v) is 2.65. The quantitative estimate of drug-likeness (QED) is 0.892. The molecular weight excluding hydrogens is 224 g/mol. The van der Waals surface area contributed by atoms with Crippen LogP contribution in [0, 0.1) is 0 Å². The van der Waals surface area contributed by atoms with E-state index >= 15 is 0 Å². The van der Waals surface area contributed by atoms with Crippen LogP contribution in [0.3, 0.4) is 0 Å². The lowest BCUT2D eigenvalue weighted by atomic mass is 9.85. The standard InChI is InChI=1S/C15H24N2O/c1-15(2)14(16)8-5-9-17(15)11-12-6-4-7-13(10-12)18-3/h4,6-7,10,14H,5,8-9,11,16H2,1-3H3. The van der Waals surface area contributed by atoms with E-state index < -0.39 is 0 Å². The van der Waals surface area contributed by atoms with E-state index in [0.717, 1.165) is 25.3 Å². The van der Waals surface area contributed by atoms with E-state index in [1.807, 2.05) is 12.1 Å². The summed E-state index contributed by atoms with van der Waals surface area (Å²) in [7, 11) is 1.71. The summed E-state index contributed by atoms with van der Waals surface area (Å²) in [5.74, 6) is 0.923. The zero-order valence-corrected chi connectivity index (χ0v) is 11.6. The maximum atomic E-state index is 6.25. The van der Waals surface area contributed by atoms with Gasteiger partial charge in [0.05, 0.1) is 7.11 Å². The van der Waals surface area contributed by atoms with Crippen molar-refractivity contribution in [2.24, 2.45) is 5.73 Å². The lowest BCUT2D eigenvalue weighted by Gasteiger charge is -2.46. The van der Waals surface area contributed by atoms with Crippen LogP contribution >= 0.6 is 0 Å². The Morgan fingerprint density at radius 1 is 1.44 bits per heavy atom. The molecule has 0 aliphatic carbocycles. The Bertz CT molecular complexity index is 403. The van der Waals surface area contributed by atoms with Gasteiger partial charge in [0.25, 0.3) is 0 Å². The number of nitrogens with two attached hydrogens (primary N) is 1. The van der Waals surface area contributed by atoms with E-state index in [4.69, 9.17) is 10.5 Å². The summed E-state index contributed by atoms with van der Waals surface area (Å²) in [5.41, 5.74) is 7.61. The third-order valence-electron chi connectivity index (χ3n) is 4.17. The maximum Gasteiger partial charge on any atom is 0.119 e. The Morgan fingerprint density at radius 2 is 2.22 bits per heavy atom. The van der Waals surface area contributed by atoms with Gasteiger partial charge in [-0.15, -0.1) is 0 Å². The van der Waals surface area contributed by atoms with Crippen LogP contribution in [0.25, 0.3) is 0 Å². The summed E-state index contributed by atoms with van der Waals surface area (Å²) in [4.78, 5) is 2.48. The second kappa shape index (κ2) is 5.29. The van der Waals surface area contributed by atoms with Crippen molar-refractivity contribution in [2.75, 3.05) is 13.7 Å². The van der Waals surface area contributed by atoms with E-state index in [1.165, 1.54) is 12.0 Å². The van der Waals surface area contributed by atoms with Gasteiger partial charge in [-0.25, -0.2) is 0 Å². The second-order valence-corrected chi connectivity index (χ2v) is 5.68. The molecule has 0 radical (unpaired) electrons. The summed E-state index contributed by atoms with van der Waals surface area (Å²) >= 11 is 0. The Kier molecular flexibility index (Phi) is 3.93. The summed E-state index contributed by atoms with van der Waals surface area (Å²) < 4.78 is 5.27. The largest absolute Gasteiger partial charge is 0.497 e. The minimum Gasteiger partial charge on any atom is -0.497 e. The van der Waals surface area contributed by atoms with Gasteiger partial charge in [-0.1, -0.05) is 12.1 Å². The number of rotatable bonds is 3. The first kappa shape index (κ1) is 13.4. The van der Waals surface area contributed by atoms with Crippen molar-refractivity contribution in [3.8, 4) is 5.75 Å². The number of piperidine rings is 1. The number of nitrogens with zero attached hydrogens (tertiary/aromatic N) is 1. The molecule has 1 atom stereocenters. The molecule has 0 spiro atoms. The number of ether oxygens (including phenoxy) is 1. The summed E-state index contributed by atoms with van der Waals surface area (Å²) in [6.45, 7) is 6.56. The van der Waals surface area contributed by atoms with E-state index in [9.17, 15) is 0 Å². The van der Waals surface area contributed by atoms with E-state index in [1.54, 1.807) is 7.11 Å². The van der Waals surface area contributed by atoms with Gasteiger partial charge in [0, 0.05) is 18.1 Å². The third kappa shape index (κ3) is 2.68. The molecule has 1 aromatic carbocycles. The molecule has 2 N–H and O–H groups in total. The van der Waals surface area contributed by atoms with Crippen LogP contribution in [0.5, 0.6) is 5.75 Å². The molecule has 1 aliphatic rings. The second-order valence-electron chi connectivity index (χ2n) is 5.68. The van der Waals surface area contributed by atoms with Crippen LogP contribution < -0.4 is 10.5 Å². The summed E-state index contributed by atoms with van der Waals surface area (Å²) in [6.07, 6.45) is 2.32. The first-order valence-electron chi connectivity index (χ1n) is 6.67. The predicted octanol–water partition coefficient (Wildman–Crippen LogP) is 2.40. The van der Waals surface area contributed by atoms with Crippen molar-refractivity contribution < 1.29 is 4.74 Å². The fraction of sp³-hybridized carbons (Fsp3) is 0.600. The van der Waals surface area contributed by atoms with Crippen molar-refractivity contribution in [1.82, 2.24) is 4.90 Å². The van der Waals surface area contributed by atoms with Gasteiger partial charge in [-0.05, 0) is 50.9 Å². The van der Waals surface area contributed by atoms with Crippen LogP contribution in [-0.2, 0) is 6.54 Å². The van der Waals surface area contributed by atoms with E-state index in [2.05, 4.69) is 30.9 Å². The van der Waals surface area contributed by atoms with Crippen LogP contribution in [-0.4, -0.2) is 30.1 Å². The van der Waals surface area contributed by atoms with Crippen LogP contribution in [0.2, 0.25) is 0 Å². The minimum absolute atomic E-state index is 0.0708. The molecule has 2 rings (SSSR count). The smallest absolute Gasteiger partial charge is 0.119 e. The Labute approximate surface area is 110 Å². The SMILES string of the molecule is COc1cccc(CN2CCCC(N)C2(C)C)c1. The van der Waals surface area contributed by atoms with E-state index in [-0.39, 0.29) is 11.6 Å². The lowest BCUT2D eigenvalue weighted by molar-refractivity contribution is 0.0501. The average Bonchev–Trinajstić information content (AvgIpc) is 2.36. The van der Waals surface area contributed by atoms with Gasteiger partial charge >= 0.3 is 0 Å². The Hall–Kier alpha value is -1.06. The van der Waals surface area contributed by atoms with Gasteiger partial charge in [0.2, 0.25) is 0 Å². The van der Waals surface area contributed by atoms with Gasteiger partial charge < -0.3 is 10.5 Å². The summed E-state index contributed by atoms with van der Waals surface area (Å²) in [6, 6.07) is 8.55. The van der Waals surface area contributed by atoms with Crippen molar-refractivity contribution in [2.45, 2.75) is 44.8 Å².